The van der Waals surface area contributed by atoms with Crippen molar-refractivity contribution in [2.24, 2.45) is 0 Å². The van der Waals surface area contributed by atoms with E-state index in [1.54, 1.807) is 22.9 Å². The molecule has 0 unspecified atom stereocenters. The Morgan fingerprint density at radius 3 is 2.89 bits per heavy atom. The first-order chi connectivity index (χ1) is 9.20. The van der Waals surface area contributed by atoms with E-state index >= 15 is 0 Å². The third-order valence-electron chi connectivity index (χ3n) is 2.69. The van der Waals surface area contributed by atoms with Gasteiger partial charge in [-0.2, -0.15) is 0 Å². The Balaban J connectivity index is 2.24. The fourth-order valence-corrected chi connectivity index (χ4v) is 1.86. The molecule has 0 atom stereocenters. The normalized spacial score (nSPS) is 10.4. The van der Waals surface area contributed by atoms with Crippen LogP contribution >= 0.6 is 11.6 Å². The Morgan fingerprint density at radius 1 is 1.32 bits per heavy atom. The zero-order chi connectivity index (χ0) is 13.7. The lowest BCUT2D eigenvalue weighted by Gasteiger charge is -2.09. The molecule has 0 saturated heterocycles. The smallest absolute Gasteiger partial charge is 0.250 e. The predicted molar refractivity (Wildman–Crippen MR) is 77.8 cm³/mol. The molecule has 0 radical (unpaired) electrons. The van der Waals surface area contributed by atoms with Gasteiger partial charge in [-0.3, -0.25) is 4.79 Å². The van der Waals surface area contributed by atoms with Gasteiger partial charge in [0.1, 0.15) is 5.82 Å². The van der Waals surface area contributed by atoms with Crippen LogP contribution < -0.4 is 10.9 Å². The molecule has 0 amide bonds. The molecule has 100 valence electrons. The summed E-state index contributed by atoms with van der Waals surface area (Å²) in [6.07, 6.45) is 2.75. The molecular formula is C14H16ClN3O. The van der Waals surface area contributed by atoms with Crippen molar-refractivity contribution in [2.45, 2.75) is 19.9 Å². The van der Waals surface area contributed by atoms with Gasteiger partial charge in [0.05, 0.1) is 17.3 Å². The second kappa shape index (κ2) is 6.38. The molecule has 4 nitrogen and oxygen atoms in total. The van der Waals surface area contributed by atoms with E-state index in [1.165, 1.54) is 6.07 Å². The molecule has 1 N–H and O–H groups in total. The van der Waals surface area contributed by atoms with Gasteiger partial charge in [-0.15, -0.1) is 0 Å². The maximum absolute atomic E-state index is 11.7. The minimum Gasteiger partial charge on any atom is -0.370 e. The number of rotatable bonds is 5. The van der Waals surface area contributed by atoms with E-state index in [4.69, 9.17) is 11.6 Å². The summed E-state index contributed by atoms with van der Waals surface area (Å²) in [5, 5.41) is 3.77. The number of hydrogen-bond acceptors (Lipinski definition) is 3. The Kier molecular flexibility index (Phi) is 4.58. The summed E-state index contributed by atoms with van der Waals surface area (Å²) in [6.45, 7) is 3.33. The molecule has 2 rings (SSSR count). The lowest BCUT2D eigenvalue weighted by molar-refractivity contribution is 0.740. The first kappa shape index (κ1) is 13.6. The predicted octanol–water partition coefficient (Wildman–Crippen LogP) is 2.77. The van der Waals surface area contributed by atoms with Crippen molar-refractivity contribution in [3.8, 4) is 0 Å². The molecule has 0 fully saturated rings. The number of anilines is 1. The Labute approximate surface area is 117 Å². The summed E-state index contributed by atoms with van der Waals surface area (Å²) < 4.78 is 1.58. The van der Waals surface area contributed by atoms with Crippen LogP contribution in [0.2, 0.25) is 5.02 Å². The molecule has 0 aliphatic carbocycles. The summed E-state index contributed by atoms with van der Waals surface area (Å²) in [5.41, 5.74) is 0.628. The van der Waals surface area contributed by atoms with E-state index in [0.29, 0.717) is 17.3 Å². The largest absolute Gasteiger partial charge is 0.370 e. The van der Waals surface area contributed by atoms with Crippen molar-refractivity contribution in [1.82, 2.24) is 9.55 Å². The van der Waals surface area contributed by atoms with Gasteiger partial charge in [0.15, 0.2) is 0 Å². The summed E-state index contributed by atoms with van der Waals surface area (Å²) in [7, 11) is 0. The second-order valence-electron chi connectivity index (χ2n) is 4.22. The van der Waals surface area contributed by atoms with Crippen molar-refractivity contribution < 1.29 is 0 Å². The minimum atomic E-state index is -0.0627. The molecule has 2 heterocycles. The molecule has 0 spiro atoms. The third-order valence-corrected chi connectivity index (χ3v) is 3.04. The van der Waals surface area contributed by atoms with E-state index in [2.05, 4.69) is 17.2 Å². The molecule has 19 heavy (non-hydrogen) atoms. The van der Waals surface area contributed by atoms with Crippen LogP contribution in [0.1, 0.15) is 19.0 Å². The van der Waals surface area contributed by atoms with E-state index < -0.39 is 0 Å². The van der Waals surface area contributed by atoms with Gasteiger partial charge in [-0.05, 0) is 24.6 Å². The van der Waals surface area contributed by atoms with Gasteiger partial charge in [-0.25, -0.2) is 4.98 Å². The summed E-state index contributed by atoms with van der Waals surface area (Å²) >= 11 is 6.13. The monoisotopic (exact) mass is 277 g/mol. The SMILES string of the molecule is CCCNc1ccc(Cl)c(Cn2ccccc2=O)n1. The number of hydrogen-bond donors (Lipinski definition) is 1. The quantitative estimate of drug-likeness (QED) is 0.914. The highest BCUT2D eigenvalue weighted by Crippen LogP contribution is 2.17. The number of nitrogens with one attached hydrogen (secondary N) is 1. The topological polar surface area (TPSA) is 46.9 Å². The molecular weight excluding hydrogens is 262 g/mol. The van der Waals surface area contributed by atoms with E-state index in [1.807, 2.05) is 12.1 Å². The van der Waals surface area contributed by atoms with Crippen molar-refractivity contribution in [3.05, 3.63) is 57.6 Å². The van der Waals surface area contributed by atoms with Crippen LogP contribution in [0.4, 0.5) is 5.82 Å². The molecule has 0 bridgehead atoms. The van der Waals surface area contributed by atoms with Crippen molar-refractivity contribution in [1.29, 1.82) is 0 Å². The zero-order valence-corrected chi connectivity index (χ0v) is 11.5. The number of pyridine rings is 2. The first-order valence-electron chi connectivity index (χ1n) is 6.25. The van der Waals surface area contributed by atoms with Gasteiger partial charge in [-0.1, -0.05) is 24.6 Å². The zero-order valence-electron chi connectivity index (χ0n) is 10.8. The molecule has 2 aromatic heterocycles. The fourth-order valence-electron chi connectivity index (χ4n) is 1.70. The van der Waals surface area contributed by atoms with Crippen LogP contribution in [0.15, 0.2) is 41.3 Å². The molecule has 2 aromatic rings. The van der Waals surface area contributed by atoms with E-state index in [9.17, 15) is 4.79 Å². The van der Waals surface area contributed by atoms with Gasteiger partial charge in [0.2, 0.25) is 0 Å². The van der Waals surface area contributed by atoms with Crippen LogP contribution in [0.3, 0.4) is 0 Å². The van der Waals surface area contributed by atoms with Crippen molar-refractivity contribution >= 4 is 17.4 Å². The highest BCUT2D eigenvalue weighted by molar-refractivity contribution is 6.31. The standard InChI is InChI=1S/C14H16ClN3O/c1-2-8-16-13-7-6-11(15)12(17-13)10-18-9-4-3-5-14(18)19/h3-7,9H,2,8,10H2,1H3,(H,16,17). The maximum Gasteiger partial charge on any atom is 0.250 e. The summed E-state index contributed by atoms with van der Waals surface area (Å²) in [4.78, 5) is 16.1. The Hall–Kier alpha value is -1.81. The van der Waals surface area contributed by atoms with Gasteiger partial charge in [0, 0.05) is 18.8 Å². The average Bonchev–Trinajstić information content (AvgIpc) is 2.42. The third kappa shape index (κ3) is 3.58. The van der Waals surface area contributed by atoms with Crippen LogP contribution in [0.25, 0.3) is 0 Å². The Morgan fingerprint density at radius 2 is 2.16 bits per heavy atom. The number of nitrogens with zero attached hydrogens (tertiary/aromatic N) is 2. The van der Waals surface area contributed by atoms with E-state index in [-0.39, 0.29) is 5.56 Å². The lowest BCUT2D eigenvalue weighted by Crippen LogP contribution is -2.19. The first-order valence-corrected chi connectivity index (χ1v) is 6.63. The molecule has 0 aromatic carbocycles. The van der Waals surface area contributed by atoms with Crippen LogP contribution in [0.5, 0.6) is 0 Å². The Bertz CT molecular complexity index is 610. The highest BCUT2D eigenvalue weighted by atomic mass is 35.5. The molecule has 0 aliphatic heterocycles. The fraction of sp³-hybridized carbons (Fsp3) is 0.286. The number of aromatic nitrogens is 2. The van der Waals surface area contributed by atoms with Crippen molar-refractivity contribution in [3.63, 3.8) is 0 Å². The van der Waals surface area contributed by atoms with Crippen LogP contribution in [-0.4, -0.2) is 16.1 Å². The van der Waals surface area contributed by atoms with Crippen LogP contribution in [0, 0.1) is 0 Å². The maximum atomic E-state index is 11.7. The molecule has 0 saturated carbocycles. The lowest BCUT2D eigenvalue weighted by atomic mass is 10.3. The number of halogens is 1. The van der Waals surface area contributed by atoms with Gasteiger partial charge >= 0.3 is 0 Å². The van der Waals surface area contributed by atoms with Gasteiger partial charge in [0.25, 0.3) is 5.56 Å². The van der Waals surface area contributed by atoms with Crippen LogP contribution in [-0.2, 0) is 6.54 Å². The highest BCUT2D eigenvalue weighted by Gasteiger charge is 2.05. The van der Waals surface area contributed by atoms with E-state index in [0.717, 1.165) is 18.8 Å². The summed E-state index contributed by atoms with van der Waals surface area (Å²) in [6, 6.07) is 8.69. The minimum absolute atomic E-state index is 0.0627. The van der Waals surface area contributed by atoms with Gasteiger partial charge < -0.3 is 9.88 Å². The average molecular weight is 278 g/mol. The summed E-state index contributed by atoms with van der Waals surface area (Å²) in [5.74, 6) is 0.783. The van der Waals surface area contributed by atoms with Crippen molar-refractivity contribution in [2.75, 3.05) is 11.9 Å². The molecule has 5 heteroatoms. The molecule has 0 aliphatic rings. The second-order valence-corrected chi connectivity index (χ2v) is 4.63.